The normalized spacial score (nSPS) is 10.3. The van der Waals surface area contributed by atoms with Crippen molar-refractivity contribution in [1.82, 2.24) is 9.78 Å². The number of carboxylic acids is 1. The molecule has 0 radical (unpaired) electrons. The van der Waals surface area contributed by atoms with Gasteiger partial charge in [0.25, 0.3) is 0 Å². The van der Waals surface area contributed by atoms with Gasteiger partial charge in [-0.2, -0.15) is 5.10 Å². The molecule has 2 rings (SSSR count). The highest BCUT2D eigenvalue weighted by Gasteiger charge is 2.18. The van der Waals surface area contributed by atoms with E-state index in [4.69, 9.17) is 5.11 Å². The van der Waals surface area contributed by atoms with E-state index in [-0.39, 0.29) is 4.88 Å². The molecule has 16 heavy (non-hydrogen) atoms. The van der Waals surface area contributed by atoms with Crippen molar-refractivity contribution in [1.29, 1.82) is 0 Å². The van der Waals surface area contributed by atoms with Crippen molar-refractivity contribution < 1.29 is 14.7 Å². The molecule has 0 unspecified atom stereocenters. The van der Waals surface area contributed by atoms with Crippen LogP contribution in [0.2, 0.25) is 0 Å². The molecule has 2 aromatic rings. The quantitative estimate of drug-likeness (QED) is 0.822. The monoisotopic (exact) mass is 236 g/mol. The van der Waals surface area contributed by atoms with Crippen LogP contribution in [-0.2, 0) is 7.05 Å². The van der Waals surface area contributed by atoms with E-state index < -0.39 is 5.97 Å². The number of carbonyl (C=O) groups is 2. The molecule has 0 fully saturated rings. The summed E-state index contributed by atoms with van der Waals surface area (Å²) in [5, 5.41) is 14.6. The predicted octanol–water partition coefficient (Wildman–Crippen LogP) is 1.66. The molecule has 6 heteroatoms. The van der Waals surface area contributed by atoms with E-state index in [1.807, 2.05) is 0 Å². The lowest BCUT2D eigenvalue weighted by Crippen LogP contribution is -1.99. The number of thiophene rings is 1. The molecule has 0 saturated heterocycles. The van der Waals surface area contributed by atoms with E-state index in [1.165, 1.54) is 10.9 Å². The Bertz CT molecular complexity index is 556. The van der Waals surface area contributed by atoms with E-state index in [9.17, 15) is 9.59 Å². The Labute approximate surface area is 94.9 Å². The third-order valence-corrected chi connectivity index (χ3v) is 3.15. The summed E-state index contributed by atoms with van der Waals surface area (Å²) in [6, 6.07) is 1.68. The predicted molar refractivity (Wildman–Crippen MR) is 58.9 cm³/mol. The van der Waals surface area contributed by atoms with Gasteiger partial charge in [-0.15, -0.1) is 11.3 Å². The van der Waals surface area contributed by atoms with Crippen molar-refractivity contribution in [2.75, 3.05) is 0 Å². The number of aldehydes is 1. The van der Waals surface area contributed by atoms with Gasteiger partial charge in [0.1, 0.15) is 10.6 Å². The lowest BCUT2D eigenvalue weighted by atomic mass is 10.1. The Balaban J connectivity index is 2.63. The first-order valence-electron chi connectivity index (χ1n) is 4.43. The fourth-order valence-electron chi connectivity index (χ4n) is 1.48. The summed E-state index contributed by atoms with van der Waals surface area (Å²) in [7, 11) is 1.64. The first-order chi connectivity index (χ1) is 7.65. The van der Waals surface area contributed by atoms with Gasteiger partial charge in [0.05, 0.1) is 6.20 Å². The standard InChI is InChI=1S/C10H8N2O3S/c1-12-8(5-13)7(4-11-12)6-2-3-16-9(6)10(14)15/h2-5H,1H3,(H,14,15). The number of nitrogens with zero attached hydrogens (tertiary/aromatic N) is 2. The molecular formula is C10H8N2O3S. The van der Waals surface area contributed by atoms with E-state index >= 15 is 0 Å². The zero-order valence-corrected chi connectivity index (χ0v) is 9.19. The summed E-state index contributed by atoms with van der Waals surface area (Å²) in [5.41, 5.74) is 1.46. The third kappa shape index (κ3) is 1.53. The van der Waals surface area contributed by atoms with Gasteiger partial charge >= 0.3 is 5.97 Å². The second-order valence-electron chi connectivity index (χ2n) is 3.15. The zero-order chi connectivity index (χ0) is 11.7. The number of aromatic carboxylic acids is 1. The van der Waals surface area contributed by atoms with Gasteiger partial charge < -0.3 is 5.11 Å². The van der Waals surface area contributed by atoms with Crippen LogP contribution in [0.15, 0.2) is 17.6 Å². The van der Waals surface area contributed by atoms with Gasteiger partial charge in [-0.25, -0.2) is 4.79 Å². The Morgan fingerprint density at radius 3 is 2.94 bits per heavy atom. The summed E-state index contributed by atoms with van der Waals surface area (Å²) in [6.45, 7) is 0. The fourth-order valence-corrected chi connectivity index (χ4v) is 2.23. The lowest BCUT2D eigenvalue weighted by Gasteiger charge is -1.98. The van der Waals surface area contributed by atoms with Crippen molar-refractivity contribution in [3.8, 4) is 11.1 Å². The summed E-state index contributed by atoms with van der Waals surface area (Å²) in [4.78, 5) is 22.1. The van der Waals surface area contributed by atoms with E-state index in [0.717, 1.165) is 11.3 Å². The molecule has 0 aliphatic rings. The highest BCUT2D eigenvalue weighted by molar-refractivity contribution is 7.12. The van der Waals surface area contributed by atoms with Crippen LogP contribution in [0.1, 0.15) is 20.2 Å². The van der Waals surface area contributed by atoms with Crippen LogP contribution < -0.4 is 0 Å². The number of carboxylic acid groups (broad SMARTS) is 1. The van der Waals surface area contributed by atoms with Crippen molar-refractivity contribution in [3.63, 3.8) is 0 Å². The Hall–Kier alpha value is -1.95. The average molecular weight is 236 g/mol. The number of rotatable bonds is 3. The molecule has 0 saturated carbocycles. The molecule has 2 heterocycles. The van der Waals surface area contributed by atoms with Gasteiger partial charge in [0.15, 0.2) is 6.29 Å². The largest absolute Gasteiger partial charge is 0.477 e. The molecule has 82 valence electrons. The van der Waals surface area contributed by atoms with Crippen LogP contribution in [0.5, 0.6) is 0 Å². The lowest BCUT2D eigenvalue weighted by molar-refractivity contribution is 0.0702. The Kier molecular flexibility index (Phi) is 2.57. The van der Waals surface area contributed by atoms with Crippen LogP contribution in [0.3, 0.4) is 0 Å². The second kappa shape index (κ2) is 3.90. The zero-order valence-electron chi connectivity index (χ0n) is 8.38. The highest BCUT2D eigenvalue weighted by atomic mass is 32.1. The van der Waals surface area contributed by atoms with Crippen LogP contribution in [0, 0.1) is 0 Å². The maximum Gasteiger partial charge on any atom is 0.346 e. The Morgan fingerprint density at radius 1 is 1.56 bits per heavy atom. The molecule has 2 aromatic heterocycles. The number of carbonyl (C=O) groups excluding carboxylic acids is 1. The van der Waals surface area contributed by atoms with Crippen molar-refractivity contribution >= 4 is 23.6 Å². The molecule has 0 amide bonds. The van der Waals surface area contributed by atoms with Gasteiger partial charge in [0.2, 0.25) is 0 Å². The minimum atomic E-state index is -0.995. The third-order valence-electron chi connectivity index (χ3n) is 2.25. The van der Waals surface area contributed by atoms with Crippen LogP contribution >= 0.6 is 11.3 Å². The number of hydrogen-bond acceptors (Lipinski definition) is 4. The molecule has 0 bridgehead atoms. The molecular weight excluding hydrogens is 228 g/mol. The maximum absolute atomic E-state index is 11.0. The minimum absolute atomic E-state index is 0.219. The number of aromatic nitrogens is 2. The summed E-state index contributed by atoms with van der Waals surface area (Å²) >= 11 is 1.13. The second-order valence-corrected chi connectivity index (χ2v) is 4.07. The molecule has 0 spiro atoms. The highest BCUT2D eigenvalue weighted by Crippen LogP contribution is 2.29. The van der Waals surface area contributed by atoms with Gasteiger partial charge in [-0.3, -0.25) is 9.48 Å². The van der Waals surface area contributed by atoms with E-state index in [0.29, 0.717) is 23.1 Å². The molecule has 0 atom stereocenters. The fraction of sp³-hybridized carbons (Fsp3) is 0.100. The first-order valence-corrected chi connectivity index (χ1v) is 5.31. The summed E-state index contributed by atoms with van der Waals surface area (Å²) < 4.78 is 1.42. The maximum atomic E-state index is 11.0. The molecule has 0 aliphatic heterocycles. The SMILES string of the molecule is Cn1ncc(-c2ccsc2C(=O)O)c1C=O. The molecule has 0 aromatic carbocycles. The molecule has 5 nitrogen and oxygen atoms in total. The van der Waals surface area contributed by atoms with E-state index in [2.05, 4.69) is 5.10 Å². The Morgan fingerprint density at radius 2 is 2.31 bits per heavy atom. The molecule has 0 aliphatic carbocycles. The topological polar surface area (TPSA) is 72.2 Å². The summed E-state index contributed by atoms with van der Waals surface area (Å²) in [6.07, 6.45) is 2.17. The number of aryl methyl sites for hydroxylation is 1. The first kappa shape index (κ1) is 10.6. The van der Waals surface area contributed by atoms with Crippen molar-refractivity contribution in [2.45, 2.75) is 0 Å². The van der Waals surface area contributed by atoms with Crippen molar-refractivity contribution in [2.24, 2.45) is 7.05 Å². The van der Waals surface area contributed by atoms with E-state index in [1.54, 1.807) is 18.5 Å². The average Bonchev–Trinajstić information content (AvgIpc) is 2.82. The smallest absolute Gasteiger partial charge is 0.346 e. The minimum Gasteiger partial charge on any atom is -0.477 e. The van der Waals surface area contributed by atoms with Gasteiger partial charge in [-0.05, 0) is 11.4 Å². The van der Waals surface area contributed by atoms with Gasteiger partial charge in [0, 0.05) is 18.2 Å². The van der Waals surface area contributed by atoms with Crippen LogP contribution in [0.4, 0.5) is 0 Å². The van der Waals surface area contributed by atoms with Crippen LogP contribution in [-0.4, -0.2) is 27.1 Å². The summed E-state index contributed by atoms with van der Waals surface area (Å²) in [5.74, 6) is -0.995. The van der Waals surface area contributed by atoms with Crippen LogP contribution in [0.25, 0.3) is 11.1 Å². The number of hydrogen-bond donors (Lipinski definition) is 1. The van der Waals surface area contributed by atoms with Gasteiger partial charge in [-0.1, -0.05) is 0 Å². The molecule has 1 N–H and O–H groups in total. The van der Waals surface area contributed by atoms with Crippen molar-refractivity contribution in [3.05, 3.63) is 28.2 Å².